The Morgan fingerprint density at radius 3 is 2.71 bits per heavy atom. The summed E-state index contributed by atoms with van der Waals surface area (Å²) in [5.74, 6) is 0.823. The van der Waals surface area contributed by atoms with E-state index in [4.69, 9.17) is 16.7 Å². The van der Waals surface area contributed by atoms with Crippen molar-refractivity contribution in [2.45, 2.75) is 52.5 Å². The maximum Gasteiger partial charge on any atom is 0.179 e. The van der Waals surface area contributed by atoms with Crippen LogP contribution in [0, 0.1) is 0 Å². The van der Waals surface area contributed by atoms with Crippen molar-refractivity contribution >= 4 is 17.4 Å². The zero-order valence-electron chi connectivity index (χ0n) is 13.1. The van der Waals surface area contributed by atoms with E-state index in [0.29, 0.717) is 6.04 Å². The molecule has 0 saturated heterocycles. The molecule has 0 aliphatic carbocycles. The second-order valence-corrected chi connectivity index (χ2v) is 6.48. The third-order valence-corrected chi connectivity index (χ3v) is 4.77. The molecular weight excluding hydrogens is 288 g/mol. The Morgan fingerprint density at radius 1 is 1.33 bits per heavy atom. The summed E-state index contributed by atoms with van der Waals surface area (Å²) in [4.78, 5) is 4.51. The van der Waals surface area contributed by atoms with Gasteiger partial charge in [-0.05, 0) is 27.2 Å². The smallest absolute Gasteiger partial charge is 0.179 e. The van der Waals surface area contributed by atoms with Crippen LogP contribution in [0.15, 0.2) is 5.10 Å². The molecule has 116 valence electrons. The molecule has 1 aromatic heterocycles. The molecule has 0 aromatic carbocycles. The molecule has 0 saturated carbocycles. The molecule has 21 heavy (non-hydrogen) atoms. The number of rotatable bonds is 2. The van der Waals surface area contributed by atoms with Crippen LogP contribution in [0.1, 0.15) is 38.6 Å². The van der Waals surface area contributed by atoms with Crippen molar-refractivity contribution in [2.24, 2.45) is 5.10 Å². The maximum absolute atomic E-state index is 6.63. The highest BCUT2D eigenvalue weighted by atomic mass is 35.5. The number of aryl methyl sites for hydroxylation is 1. The summed E-state index contributed by atoms with van der Waals surface area (Å²) >= 11 is 6.63. The lowest BCUT2D eigenvalue weighted by atomic mass is 10.2. The van der Waals surface area contributed by atoms with E-state index in [1.165, 1.54) is 0 Å². The molecule has 3 heterocycles. The normalized spacial score (nSPS) is 23.0. The molecule has 6 nitrogen and oxygen atoms in total. The van der Waals surface area contributed by atoms with Crippen molar-refractivity contribution in [3.63, 3.8) is 0 Å². The van der Waals surface area contributed by atoms with Crippen LogP contribution < -0.4 is 5.43 Å². The van der Waals surface area contributed by atoms with Gasteiger partial charge in [-0.1, -0.05) is 11.6 Å². The highest BCUT2D eigenvalue weighted by molar-refractivity contribution is 6.34. The van der Waals surface area contributed by atoms with Crippen molar-refractivity contribution in [3.05, 3.63) is 16.4 Å². The number of aromatic nitrogens is 2. The first kappa shape index (κ1) is 14.7. The van der Waals surface area contributed by atoms with E-state index in [1.807, 2.05) is 7.05 Å². The van der Waals surface area contributed by atoms with Crippen LogP contribution in [-0.4, -0.2) is 51.2 Å². The van der Waals surface area contributed by atoms with E-state index in [1.54, 1.807) is 0 Å². The van der Waals surface area contributed by atoms with Crippen LogP contribution >= 0.6 is 11.6 Å². The highest BCUT2D eigenvalue weighted by Gasteiger charge is 2.30. The summed E-state index contributed by atoms with van der Waals surface area (Å²) in [6.07, 6.45) is 1.27. The molecule has 0 bridgehead atoms. The summed E-state index contributed by atoms with van der Waals surface area (Å²) in [5.41, 5.74) is 4.95. The van der Waals surface area contributed by atoms with Gasteiger partial charge in [0.15, 0.2) is 5.84 Å². The first-order chi connectivity index (χ1) is 9.99. The van der Waals surface area contributed by atoms with E-state index in [9.17, 15) is 0 Å². The van der Waals surface area contributed by atoms with Crippen molar-refractivity contribution in [1.82, 2.24) is 25.0 Å². The minimum Gasteiger partial charge on any atom is -0.335 e. The van der Waals surface area contributed by atoms with Gasteiger partial charge < -0.3 is 4.90 Å². The SMILES string of the molecule is CC(C)N1CCCn2nc(C3=NNC(C)N3C)c(Cl)c2C1. The number of hydrogen-bond acceptors (Lipinski definition) is 5. The molecule has 1 aromatic rings. The Hall–Kier alpha value is -1.27. The quantitative estimate of drug-likeness (QED) is 0.903. The van der Waals surface area contributed by atoms with Crippen LogP contribution in [0.3, 0.4) is 0 Å². The molecule has 3 rings (SSSR count). The van der Waals surface area contributed by atoms with Gasteiger partial charge in [-0.15, -0.1) is 0 Å². The van der Waals surface area contributed by atoms with Crippen LogP contribution in [0.5, 0.6) is 0 Å². The second-order valence-electron chi connectivity index (χ2n) is 6.10. The summed E-state index contributed by atoms with van der Waals surface area (Å²) in [6.45, 7) is 9.36. The standard InChI is InChI=1S/C14H23ClN6/c1-9(2)20-6-5-7-21-11(8-20)12(15)13(18-21)14-17-16-10(3)19(14)4/h9-10,16H,5-8H2,1-4H3. The molecule has 0 amide bonds. The summed E-state index contributed by atoms with van der Waals surface area (Å²) in [5, 5.41) is 9.82. The molecule has 1 N–H and O–H groups in total. The summed E-state index contributed by atoms with van der Waals surface area (Å²) in [6, 6.07) is 0.513. The first-order valence-corrected chi connectivity index (χ1v) is 7.92. The Bertz CT molecular complexity index is 564. The van der Waals surface area contributed by atoms with Crippen molar-refractivity contribution in [3.8, 4) is 0 Å². The van der Waals surface area contributed by atoms with Gasteiger partial charge in [-0.2, -0.15) is 10.2 Å². The number of amidine groups is 1. The van der Waals surface area contributed by atoms with Gasteiger partial charge in [0.2, 0.25) is 0 Å². The average molecular weight is 311 g/mol. The predicted molar refractivity (Wildman–Crippen MR) is 84.3 cm³/mol. The second kappa shape index (κ2) is 5.50. The van der Waals surface area contributed by atoms with E-state index in [0.717, 1.165) is 48.3 Å². The molecule has 0 fully saturated rings. The Balaban J connectivity index is 1.95. The molecule has 0 radical (unpaired) electrons. The summed E-state index contributed by atoms with van der Waals surface area (Å²) in [7, 11) is 2.00. The van der Waals surface area contributed by atoms with E-state index >= 15 is 0 Å². The topological polar surface area (TPSA) is 48.7 Å². The largest absolute Gasteiger partial charge is 0.335 e. The zero-order chi connectivity index (χ0) is 15.1. The van der Waals surface area contributed by atoms with Gasteiger partial charge in [0.25, 0.3) is 0 Å². The fourth-order valence-corrected chi connectivity index (χ4v) is 3.09. The number of hydrogen-bond donors (Lipinski definition) is 1. The van der Waals surface area contributed by atoms with Gasteiger partial charge in [0.1, 0.15) is 11.9 Å². The Labute approximate surface area is 130 Å². The van der Waals surface area contributed by atoms with Gasteiger partial charge in [-0.25, -0.2) is 0 Å². The van der Waals surface area contributed by atoms with Gasteiger partial charge in [0, 0.05) is 32.7 Å². The maximum atomic E-state index is 6.63. The fraction of sp³-hybridized carbons (Fsp3) is 0.714. The fourth-order valence-electron chi connectivity index (χ4n) is 2.81. The van der Waals surface area contributed by atoms with E-state index < -0.39 is 0 Å². The number of fused-ring (bicyclic) bond motifs is 1. The minimum atomic E-state index is 0.171. The third kappa shape index (κ3) is 2.51. The van der Waals surface area contributed by atoms with Crippen LogP contribution in [0.4, 0.5) is 0 Å². The van der Waals surface area contributed by atoms with Gasteiger partial charge >= 0.3 is 0 Å². The van der Waals surface area contributed by atoms with E-state index in [-0.39, 0.29) is 6.17 Å². The monoisotopic (exact) mass is 310 g/mol. The van der Waals surface area contributed by atoms with Gasteiger partial charge in [0.05, 0.1) is 10.7 Å². The number of hydrazone groups is 1. The molecule has 7 heteroatoms. The molecule has 1 unspecified atom stereocenters. The lowest BCUT2D eigenvalue weighted by Gasteiger charge is -2.24. The zero-order valence-corrected chi connectivity index (χ0v) is 13.9. The van der Waals surface area contributed by atoms with Crippen LogP contribution in [0.25, 0.3) is 0 Å². The van der Waals surface area contributed by atoms with Crippen LogP contribution in [-0.2, 0) is 13.1 Å². The number of halogens is 1. The lowest BCUT2D eigenvalue weighted by molar-refractivity contribution is 0.216. The number of nitrogens with one attached hydrogen (secondary N) is 1. The molecule has 1 atom stereocenters. The highest BCUT2D eigenvalue weighted by Crippen LogP contribution is 2.27. The first-order valence-electron chi connectivity index (χ1n) is 7.54. The Morgan fingerprint density at radius 2 is 2.10 bits per heavy atom. The molecule has 0 spiro atoms. The van der Waals surface area contributed by atoms with Crippen molar-refractivity contribution in [2.75, 3.05) is 13.6 Å². The third-order valence-electron chi connectivity index (χ3n) is 4.38. The average Bonchev–Trinajstić information content (AvgIpc) is 2.83. The predicted octanol–water partition coefficient (Wildman–Crippen LogP) is 1.69. The van der Waals surface area contributed by atoms with E-state index in [2.05, 4.69) is 45.8 Å². The lowest BCUT2D eigenvalue weighted by Crippen LogP contribution is -2.34. The molecule has 2 aliphatic heterocycles. The van der Waals surface area contributed by atoms with Crippen molar-refractivity contribution < 1.29 is 0 Å². The summed E-state index contributed by atoms with van der Waals surface area (Å²) < 4.78 is 2.05. The van der Waals surface area contributed by atoms with Crippen LogP contribution in [0.2, 0.25) is 5.02 Å². The van der Waals surface area contributed by atoms with Crippen molar-refractivity contribution in [1.29, 1.82) is 0 Å². The van der Waals surface area contributed by atoms with Gasteiger partial charge in [-0.3, -0.25) is 15.0 Å². The Kier molecular flexibility index (Phi) is 3.84. The molecule has 2 aliphatic rings. The minimum absolute atomic E-state index is 0.171. The molecular formula is C14H23ClN6. The number of nitrogens with zero attached hydrogens (tertiary/aromatic N) is 5.